The molecule has 0 saturated carbocycles. The highest BCUT2D eigenvalue weighted by Crippen LogP contribution is 2.22. The Bertz CT molecular complexity index is 868. The molecule has 4 heterocycles. The molecule has 1 aliphatic heterocycles. The molecule has 9 nitrogen and oxygen atoms in total. The molecule has 140 valence electrons. The summed E-state index contributed by atoms with van der Waals surface area (Å²) in [5.74, 6) is 0.581. The van der Waals surface area contributed by atoms with E-state index in [0.717, 1.165) is 43.7 Å². The Hall–Kier alpha value is -3.10. The highest BCUT2D eigenvalue weighted by Gasteiger charge is 2.27. The van der Waals surface area contributed by atoms with Crippen LogP contribution in [0.4, 0.5) is 0 Å². The average Bonchev–Trinajstić information content (AvgIpc) is 3.40. The third kappa shape index (κ3) is 3.86. The molecule has 0 spiro atoms. The minimum atomic E-state index is -0.318. The Morgan fingerprint density at radius 1 is 1.30 bits per heavy atom. The van der Waals surface area contributed by atoms with Gasteiger partial charge < -0.3 is 4.90 Å². The van der Waals surface area contributed by atoms with E-state index in [1.165, 1.54) is 6.33 Å². The lowest BCUT2D eigenvalue weighted by atomic mass is 9.96. The van der Waals surface area contributed by atoms with E-state index < -0.39 is 0 Å². The summed E-state index contributed by atoms with van der Waals surface area (Å²) in [6.45, 7) is 4.19. The first-order chi connectivity index (χ1) is 13.2. The van der Waals surface area contributed by atoms with Gasteiger partial charge >= 0.3 is 0 Å². The average molecular weight is 366 g/mol. The standard InChI is InChI=1S/C18H22N8O/c1-14(26-13-20-12-21-26)18(27)24-7-4-15(5-8-24)10-25-11-17(22-23-25)16-3-2-6-19-9-16/h2-3,6,9,11-15H,4-5,7-8,10H2,1H3. The lowest BCUT2D eigenvalue weighted by molar-refractivity contribution is -0.136. The van der Waals surface area contributed by atoms with E-state index in [4.69, 9.17) is 0 Å². The van der Waals surface area contributed by atoms with Crippen LogP contribution in [0.25, 0.3) is 11.3 Å². The van der Waals surface area contributed by atoms with Crippen LogP contribution in [0.15, 0.2) is 43.4 Å². The zero-order chi connectivity index (χ0) is 18.6. The minimum Gasteiger partial charge on any atom is -0.341 e. The first-order valence-corrected chi connectivity index (χ1v) is 9.14. The summed E-state index contributed by atoms with van der Waals surface area (Å²) in [4.78, 5) is 22.6. The van der Waals surface area contributed by atoms with Gasteiger partial charge in [-0.05, 0) is 37.8 Å². The van der Waals surface area contributed by atoms with E-state index in [2.05, 4.69) is 25.4 Å². The predicted molar refractivity (Wildman–Crippen MR) is 97.3 cm³/mol. The van der Waals surface area contributed by atoms with Crippen LogP contribution in [-0.2, 0) is 11.3 Å². The van der Waals surface area contributed by atoms with Crippen LogP contribution in [0.5, 0.6) is 0 Å². The van der Waals surface area contributed by atoms with Gasteiger partial charge in [-0.15, -0.1) is 5.10 Å². The van der Waals surface area contributed by atoms with Gasteiger partial charge in [0.05, 0.1) is 6.20 Å². The smallest absolute Gasteiger partial charge is 0.247 e. The Labute approximate surface area is 157 Å². The fourth-order valence-corrected chi connectivity index (χ4v) is 3.43. The van der Waals surface area contributed by atoms with Crippen molar-refractivity contribution in [3.63, 3.8) is 0 Å². The second-order valence-corrected chi connectivity index (χ2v) is 6.89. The van der Waals surface area contributed by atoms with Crippen molar-refractivity contribution in [2.75, 3.05) is 13.1 Å². The fourth-order valence-electron chi connectivity index (χ4n) is 3.43. The fraction of sp³-hybridized carbons (Fsp3) is 0.444. The molecule has 27 heavy (non-hydrogen) atoms. The maximum absolute atomic E-state index is 12.6. The van der Waals surface area contributed by atoms with Crippen LogP contribution < -0.4 is 0 Å². The molecular formula is C18H22N8O. The molecule has 3 aromatic heterocycles. The van der Waals surface area contributed by atoms with Crippen molar-refractivity contribution in [2.45, 2.75) is 32.4 Å². The first kappa shape index (κ1) is 17.3. The van der Waals surface area contributed by atoms with Gasteiger partial charge in [0.2, 0.25) is 5.91 Å². The summed E-state index contributed by atoms with van der Waals surface area (Å²) < 4.78 is 3.49. The molecule has 4 rings (SSSR count). The number of rotatable bonds is 5. The Kier molecular flexibility index (Phi) is 4.91. The summed E-state index contributed by atoms with van der Waals surface area (Å²) in [7, 11) is 0. The molecule has 1 amide bonds. The van der Waals surface area contributed by atoms with E-state index in [1.807, 2.05) is 34.8 Å². The third-order valence-corrected chi connectivity index (χ3v) is 5.06. The number of aromatic nitrogens is 7. The molecule has 1 aliphatic rings. The molecule has 3 aromatic rings. The normalized spacial score (nSPS) is 16.4. The largest absolute Gasteiger partial charge is 0.341 e. The van der Waals surface area contributed by atoms with Crippen LogP contribution in [-0.4, -0.2) is 58.6 Å². The van der Waals surface area contributed by atoms with Crippen molar-refractivity contribution in [3.05, 3.63) is 43.4 Å². The molecular weight excluding hydrogens is 344 g/mol. The van der Waals surface area contributed by atoms with Crippen molar-refractivity contribution >= 4 is 5.91 Å². The van der Waals surface area contributed by atoms with Crippen LogP contribution in [0.1, 0.15) is 25.8 Å². The molecule has 0 bridgehead atoms. The van der Waals surface area contributed by atoms with Crippen molar-refractivity contribution in [3.8, 4) is 11.3 Å². The van der Waals surface area contributed by atoms with Gasteiger partial charge in [-0.2, -0.15) is 5.10 Å². The van der Waals surface area contributed by atoms with Crippen LogP contribution in [0, 0.1) is 5.92 Å². The van der Waals surface area contributed by atoms with Crippen molar-refractivity contribution in [2.24, 2.45) is 5.92 Å². The monoisotopic (exact) mass is 366 g/mol. The molecule has 1 saturated heterocycles. The number of nitrogens with zero attached hydrogens (tertiary/aromatic N) is 8. The molecule has 1 fully saturated rings. The number of piperidine rings is 1. The Morgan fingerprint density at radius 3 is 2.85 bits per heavy atom. The summed E-state index contributed by atoms with van der Waals surface area (Å²) >= 11 is 0. The quantitative estimate of drug-likeness (QED) is 0.678. The van der Waals surface area contributed by atoms with E-state index >= 15 is 0 Å². The minimum absolute atomic E-state index is 0.0959. The first-order valence-electron chi connectivity index (χ1n) is 9.14. The molecule has 1 unspecified atom stereocenters. The maximum atomic E-state index is 12.6. The second-order valence-electron chi connectivity index (χ2n) is 6.89. The van der Waals surface area contributed by atoms with Gasteiger partial charge in [0, 0.05) is 37.6 Å². The van der Waals surface area contributed by atoms with Gasteiger partial charge in [-0.25, -0.2) is 9.67 Å². The van der Waals surface area contributed by atoms with Crippen molar-refractivity contribution in [1.82, 2.24) is 39.6 Å². The van der Waals surface area contributed by atoms with Crippen LogP contribution >= 0.6 is 0 Å². The van der Waals surface area contributed by atoms with Gasteiger partial charge in [-0.1, -0.05) is 5.21 Å². The number of pyridine rings is 1. The molecule has 0 aliphatic carbocycles. The molecule has 0 N–H and O–H groups in total. The number of hydrogen-bond donors (Lipinski definition) is 0. The second kappa shape index (κ2) is 7.65. The van der Waals surface area contributed by atoms with Gasteiger partial charge in [0.1, 0.15) is 24.4 Å². The topological polar surface area (TPSA) is 94.6 Å². The SMILES string of the molecule is CC(C(=O)N1CCC(Cn2cc(-c3cccnc3)nn2)CC1)n1cncn1. The summed E-state index contributed by atoms with van der Waals surface area (Å²) in [5, 5.41) is 12.5. The van der Waals surface area contributed by atoms with Crippen LogP contribution in [0.2, 0.25) is 0 Å². The van der Waals surface area contributed by atoms with E-state index in [-0.39, 0.29) is 11.9 Å². The van der Waals surface area contributed by atoms with Gasteiger partial charge in [0.15, 0.2) is 0 Å². The number of amides is 1. The maximum Gasteiger partial charge on any atom is 0.247 e. The van der Waals surface area contributed by atoms with Crippen LogP contribution in [0.3, 0.4) is 0 Å². The van der Waals surface area contributed by atoms with Crippen molar-refractivity contribution < 1.29 is 4.79 Å². The summed E-state index contributed by atoms with van der Waals surface area (Å²) in [6.07, 6.45) is 10.4. The zero-order valence-corrected chi connectivity index (χ0v) is 15.2. The number of likely N-dealkylation sites (tertiary alicyclic amines) is 1. The molecule has 9 heteroatoms. The van der Waals surface area contributed by atoms with Gasteiger partial charge in [-0.3, -0.25) is 14.5 Å². The van der Waals surface area contributed by atoms with Crippen molar-refractivity contribution in [1.29, 1.82) is 0 Å². The van der Waals surface area contributed by atoms with E-state index in [0.29, 0.717) is 5.92 Å². The lowest BCUT2D eigenvalue weighted by Crippen LogP contribution is -2.42. The van der Waals surface area contributed by atoms with E-state index in [9.17, 15) is 4.79 Å². The molecule has 0 radical (unpaired) electrons. The highest BCUT2D eigenvalue weighted by atomic mass is 16.2. The van der Waals surface area contributed by atoms with Gasteiger partial charge in [0.25, 0.3) is 0 Å². The number of hydrogen-bond acceptors (Lipinski definition) is 6. The number of carbonyl (C=O) groups excluding carboxylic acids is 1. The zero-order valence-electron chi connectivity index (χ0n) is 15.2. The van der Waals surface area contributed by atoms with E-state index in [1.54, 1.807) is 23.4 Å². The number of carbonyl (C=O) groups is 1. The lowest BCUT2D eigenvalue weighted by Gasteiger charge is -2.33. The summed E-state index contributed by atoms with van der Waals surface area (Å²) in [5.41, 5.74) is 1.80. The molecule has 0 aromatic carbocycles. The highest BCUT2D eigenvalue weighted by molar-refractivity contribution is 5.80. The molecule has 1 atom stereocenters. The summed E-state index contributed by atoms with van der Waals surface area (Å²) in [6, 6.07) is 3.55. The third-order valence-electron chi connectivity index (χ3n) is 5.06. The predicted octanol–water partition coefficient (Wildman–Crippen LogP) is 1.43. The Morgan fingerprint density at radius 2 is 2.15 bits per heavy atom. The Balaban J connectivity index is 1.31.